The van der Waals surface area contributed by atoms with Crippen molar-refractivity contribution in [3.63, 3.8) is 0 Å². The number of rotatable bonds is 1. The highest BCUT2D eigenvalue weighted by molar-refractivity contribution is 5.13. The van der Waals surface area contributed by atoms with Gasteiger partial charge in [-0.25, -0.2) is 0 Å². The Balaban J connectivity index is 2.79. The third-order valence-electron chi connectivity index (χ3n) is 2.56. The van der Waals surface area contributed by atoms with Crippen LogP contribution in [0.15, 0.2) is 12.3 Å². The van der Waals surface area contributed by atoms with Gasteiger partial charge in [0.05, 0.1) is 12.0 Å². The lowest BCUT2D eigenvalue weighted by atomic mass is 10.0. The van der Waals surface area contributed by atoms with Crippen molar-refractivity contribution in [2.45, 2.75) is 39.3 Å². The van der Waals surface area contributed by atoms with Gasteiger partial charge < -0.3 is 4.90 Å². The van der Waals surface area contributed by atoms with E-state index in [2.05, 4.69) is 38.3 Å². The summed E-state index contributed by atoms with van der Waals surface area (Å²) in [6.07, 6.45) is 0.843. The minimum Gasteiger partial charge on any atom is -0.369 e. The topological polar surface area (TPSA) is 27.0 Å². The van der Waals surface area contributed by atoms with E-state index in [0.29, 0.717) is 12.1 Å². The fourth-order valence-corrected chi connectivity index (χ4v) is 2.00. The molecule has 2 heteroatoms. The van der Waals surface area contributed by atoms with Crippen LogP contribution in [0.2, 0.25) is 0 Å². The van der Waals surface area contributed by atoms with Gasteiger partial charge in [0.15, 0.2) is 0 Å². The second-order valence-electron chi connectivity index (χ2n) is 3.75. The normalized spacial score (nSPS) is 29.6. The minimum absolute atomic E-state index is 0.139. The molecule has 1 saturated heterocycles. The number of hydrogen-bond donors (Lipinski definition) is 0. The largest absolute Gasteiger partial charge is 0.369 e. The molecule has 2 unspecified atom stereocenters. The molecule has 1 aliphatic rings. The SMILES string of the molecule is C=C1CC(C#N)C(C)N1C(C)C. The van der Waals surface area contributed by atoms with Gasteiger partial charge in [0, 0.05) is 24.2 Å². The zero-order chi connectivity index (χ0) is 9.30. The van der Waals surface area contributed by atoms with Crippen molar-refractivity contribution < 1.29 is 0 Å². The van der Waals surface area contributed by atoms with Crippen LogP contribution in [0.25, 0.3) is 0 Å². The van der Waals surface area contributed by atoms with Crippen LogP contribution in [0.3, 0.4) is 0 Å². The Morgan fingerprint density at radius 2 is 2.25 bits per heavy atom. The van der Waals surface area contributed by atoms with Crippen molar-refractivity contribution in [2.24, 2.45) is 5.92 Å². The van der Waals surface area contributed by atoms with Crippen LogP contribution in [0, 0.1) is 17.2 Å². The molecule has 1 rings (SSSR count). The number of hydrogen-bond acceptors (Lipinski definition) is 2. The first-order valence-corrected chi connectivity index (χ1v) is 4.43. The molecule has 1 fully saturated rings. The van der Waals surface area contributed by atoms with Gasteiger partial charge in [-0.1, -0.05) is 6.58 Å². The molecule has 0 aliphatic carbocycles. The summed E-state index contributed by atoms with van der Waals surface area (Å²) in [7, 11) is 0. The predicted octanol–water partition coefficient (Wildman–Crippen LogP) is 2.14. The average molecular weight is 164 g/mol. The first-order chi connectivity index (χ1) is 5.57. The number of likely N-dealkylation sites (tertiary alicyclic amines) is 1. The van der Waals surface area contributed by atoms with E-state index in [1.807, 2.05) is 0 Å². The summed E-state index contributed by atoms with van der Waals surface area (Å²) in [5.74, 6) is 0.139. The standard InChI is InChI=1S/C10H16N2/c1-7(2)12-8(3)5-10(6-11)9(12)4/h7,9-10H,3,5H2,1-2,4H3. The Labute approximate surface area is 74.5 Å². The molecule has 1 heterocycles. The summed E-state index contributed by atoms with van der Waals surface area (Å²) in [5, 5.41) is 8.84. The molecule has 12 heavy (non-hydrogen) atoms. The van der Waals surface area contributed by atoms with Crippen molar-refractivity contribution in [1.82, 2.24) is 4.90 Å². The van der Waals surface area contributed by atoms with Crippen LogP contribution < -0.4 is 0 Å². The van der Waals surface area contributed by atoms with E-state index in [1.54, 1.807) is 0 Å². The van der Waals surface area contributed by atoms with E-state index < -0.39 is 0 Å². The van der Waals surface area contributed by atoms with Gasteiger partial charge >= 0.3 is 0 Å². The van der Waals surface area contributed by atoms with E-state index in [4.69, 9.17) is 5.26 Å². The van der Waals surface area contributed by atoms with Crippen LogP contribution in [0.5, 0.6) is 0 Å². The fraction of sp³-hybridized carbons (Fsp3) is 0.700. The van der Waals surface area contributed by atoms with E-state index in [0.717, 1.165) is 12.1 Å². The minimum atomic E-state index is 0.139. The van der Waals surface area contributed by atoms with E-state index in [9.17, 15) is 0 Å². The summed E-state index contributed by atoms with van der Waals surface area (Å²) >= 11 is 0. The van der Waals surface area contributed by atoms with Crippen molar-refractivity contribution in [3.05, 3.63) is 12.3 Å². The Hall–Kier alpha value is -0.970. The molecule has 0 aromatic carbocycles. The molecule has 1 aliphatic heterocycles. The van der Waals surface area contributed by atoms with E-state index in [1.165, 1.54) is 0 Å². The molecule has 0 saturated carbocycles. The summed E-state index contributed by atoms with van der Waals surface area (Å²) in [5.41, 5.74) is 1.11. The molecule has 0 aromatic heterocycles. The second-order valence-corrected chi connectivity index (χ2v) is 3.75. The second kappa shape index (κ2) is 3.18. The van der Waals surface area contributed by atoms with Crippen LogP contribution in [-0.2, 0) is 0 Å². The average Bonchev–Trinajstić information content (AvgIpc) is 2.25. The lowest BCUT2D eigenvalue weighted by molar-refractivity contribution is 0.241. The molecular weight excluding hydrogens is 148 g/mol. The first-order valence-electron chi connectivity index (χ1n) is 4.43. The predicted molar refractivity (Wildman–Crippen MR) is 49.3 cm³/mol. The Morgan fingerprint density at radius 1 is 1.67 bits per heavy atom. The molecule has 66 valence electrons. The summed E-state index contributed by atoms with van der Waals surface area (Å²) < 4.78 is 0. The quantitative estimate of drug-likeness (QED) is 0.593. The number of allylic oxidation sites excluding steroid dienone is 1. The van der Waals surface area contributed by atoms with Crippen LogP contribution >= 0.6 is 0 Å². The number of nitriles is 1. The van der Waals surface area contributed by atoms with E-state index >= 15 is 0 Å². The van der Waals surface area contributed by atoms with Gasteiger partial charge in [-0.2, -0.15) is 5.26 Å². The Bertz CT molecular complexity index is 224. The monoisotopic (exact) mass is 164 g/mol. The maximum Gasteiger partial charge on any atom is 0.0718 e. The van der Waals surface area contributed by atoms with E-state index in [-0.39, 0.29) is 5.92 Å². The lowest BCUT2D eigenvalue weighted by Gasteiger charge is -2.29. The molecule has 2 nitrogen and oxygen atoms in total. The van der Waals surface area contributed by atoms with Gasteiger partial charge in [-0.3, -0.25) is 0 Å². The highest BCUT2D eigenvalue weighted by Gasteiger charge is 2.33. The molecule has 0 N–H and O–H groups in total. The van der Waals surface area contributed by atoms with Crippen molar-refractivity contribution in [1.29, 1.82) is 5.26 Å². The highest BCUT2D eigenvalue weighted by atomic mass is 15.2. The Kier molecular flexibility index (Phi) is 2.42. The van der Waals surface area contributed by atoms with Crippen molar-refractivity contribution >= 4 is 0 Å². The highest BCUT2D eigenvalue weighted by Crippen LogP contribution is 2.32. The molecular formula is C10H16N2. The molecule has 0 radical (unpaired) electrons. The molecule has 0 amide bonds. The zero-order valence-corrected chi connectivity index (χ0v) is 8.04. The maximum atomic E-state index is 8.84. The van der Waals surface area contributed by atoms with Gasteiger partial charge in [0.25, 0.3) is 0 Å². The number of nitrogens with zero attached hydrogens (tertiary/aromatic N) is 2. The summed E-state index contributed by atoms with van der Waals surface area (Å²) in [6, 6.07) is 3.13. The molecule has 0 aromatic rings. The van der Waals surface area contributed by atoms with Gasteiger partial charge in [-0.15, -0.1) is 0 Å². The third-order valence-corrected chi connectivity index (χ3v) is 2.56. The first kappa shape index (κ1) is 9.12. The summed E-state index contributed by atoms with van der Waals surface area (Å²) in [6.45, 7) is 10.4. The lowest BCUT2D eigenvalue weighted by Crippen LogP contribution is -2.34. The van der Waals surface area contributed by atoms with Gasteiger partial charge in [-0.05, 0) is 20.8 Å². The Morgan fingerprint density at radius 3 is 2.50 bits per heavy atom. The maximum absolute atomic E-state index is 8.84. The third kappa shape index (κ3) is 1.32. The molecule has 2 atom stereocenters. The fourth-order valence-electron chi connectivity index (χ4n) is 2.00. The van der Waals surface area contributed by atoms with Crippen LogP contribution in [-0.4, -0.2) is 17.0 Å². The van der Waals surface area contributed by atoms with Crippen molar-refractivity contribution in [3.8, 4) is 6.07 Å². The van der Waals surface area contributed by atoms with Gasteiger partial charge in [0.1, 0.15) is 0 Å². The molecule has 0 spiro atoms. The van der Waals surface area contributed by atoms with Gasteiger partial charge in [0.2, 0.25) is 0 Å². The van der Waals surface area contributed by atoms with Crippen molar-refractivity contribution in [2.75, 3.05) is 0 Å². The summed E-state index contributed by atoms with van der Waals surface area (Å²) in [4.78, 5) is 2.24. The van der Waals surface area contributed by atoms with Crippen LogP contribution in [0.1, 0.15) is 27.2 Å². The smallest absolute Gasteiger partial charge is 0.0718 e. The zero-order valence-electron chi connectivity index (χ0n) is 8.04. The van der Waals surface area contributed by atoms with Crippen LogP contribution in [0.4, 0.5) is 0 Å². The molecule has 0 bridgehead atoms.